The van der Waals surface area contributed by atoms with E-state index in [1.54, 1.807) is 7.11 Å². The van der Waals surface area contributed by atoms with Crippen molar-refractivity contribution in [3.05, 3.63) is 17.8 Å². The summed E-state index contributed by atoms with van der Waals surface area (Å²) >= 11 is 0. The van der Waals surface area contributed by atoms with Crippen molar-refractivity contribution in [3.8, 4) is 0 Å². The molecule has 1 fully saturated rings. The fraction of sp³-hybridized carbons (Fsp3) is 0.615. The first-order valence-electron chi connectivity index (χ1n) is 6.12. The minimum Gasteiger partial charge on any atom is -0.397 e. The second-order valence-electron chi connectivity index (χ2n) is 4.83. The van der Waals surface area contributed by atoms with Crippen LogP contribution in [0.3, 0.4) is 0 Å². The number of aromatic nitrogens is 1. The largest absolute Gasteiger partial charge is 0.397 e. The van der Waals surface area contributed by atoms with E-state index in [0.717, 1.165) is 36.7 Å². The lowest BCUT2D eigenvalue weighted by Crippen LogP contribution is -2.44. The maximum absolute atomic E-state index is 5.79. The number of nitrogens with two attached hydrogens (primary N) is 1. The van der Waals surface area contributed by atoms with Crippen molar-refractivity contribution in [1.29, 1.82) is 0 Å². The predicted octanol–water partition coefficient (Wildman–Crippen LogP) is 1.83. The molecular weight excluding hydrogens is 214 g/mol. The number of methoxy groups -OCH3 is 1. The smallest absolute Gasteiger partial charge is 0.129 e. The number of aryl methyl sites for hydroxylation is 1. The highest BCUT2D eigenvalue weighted by molar-refractivity contribution is 5.50. The van der Waals surface area contributed by atoms with Gasteiger partial charge < -0.3 is 15.4 Å². The second kappa shape index (κ2) is 4.92. The van der Waals surface area contributed by atoms with Crippen LogP contribution in [0.15, 0.2) is 12.1 Å². The Balaban J connectivity index is 2.14. The molecule has 2 atom stereocenters. The number of nitrogens with zero attached hydrogens (tertiary/aromatic N) is 2. The third-order valence-electron chi connectivity index (χ3n) is 3.63. The summed E-state index contributed by atoms with van der Waals surface area (Å²) in [7, 11) is 1.78. The van der Waals surface area contributed by atoms with Gasteiger partial charge in [-0.2, -0.15) is 0 Å². The molecule has 4 nitrogen and oxygen atoms in total. The maximum atomic E-state index is 5.79. The summed E-state index contributed by atoms with van der Waals surface area (Å²) in [5, 5.41) is 0. The number of hydrogen-bond donors (Lipinski definition) is 1. The monoisotopic (exact) mass is 235 g/mol. The van der Waals surface area contributed by atoms with Crippen LogP contribution in [0.25, 0.3) is 0 Å². The normalized spacial score (nSPS) is 25.0. The minimum atomic E-state index is 0.295. The number of ether oxygens (including phenoxy) is 1. The number of nitrogen functional groups attached to an aromatic ring is 1. The molecule has 1 aromatic rings. The Morgan fingerprint density at radius 1 is 1.47 bits per heavy atom. The van der Waals surface area contributed by atoms with Crippen LogP contribution in [0.5, 0.6) is 0 Å². The van der Waals surface area contributed by atoms with Gasteiger partial charge in [-0.05, 0) is 31.4 Å². The Bertz CT molecular complexity index is 394. The van der Waals surface area contributed by atoms with Gasteiger partial charge in [-0.15, -0.1) is 0 Å². The van der Waals surface area contributed by atoms with Crippen LogP contribution >= 0.6 is 0 Å². The lowest BCUT2D eigenvalue weighted by Gasteiger charge is -2.37. The third kappa shape index (κ3) is 2.52. The van der Waals surface area contributed by atoms with Gasteiger partial charge >= 0.3 is 0 Å². The van der Waals surface area contributed by atoms with Gasteiger partial charge in [0.25, 0.3) is 0 Å². The second-order valence-corrected chi connectivity index (χ2v) is 4.83. The lowest BCUT2D eigenvalue weighted by atomic mass is 9.96. The van der Waals surface area contributed by atoms with Crippen molar-refractivity contribution in [2.75, 3.05) is 30.8 Å². The molecule has 0 bridgehead atoms. The molecule has 17 heavy (non-hydrogen) atoms. The van der Waals surface area contributed by atoms with Crippen LogP contribution < -0.4 is 10.6 Å². The van der Waals surface area contributed by atoms with Gasteiger partial charge in [0.15, 0.2) is 0 Å². The Kier molecular flexibility index (Phi) is 3.52. The topological polar surface area (TPSA) is 51.4 Å². The molecule has 2 N–H and O–H groups in total. The number of piperidine rings is 1. The highest BCUT2D eigenvalue weighted by Gasteiger charge is 2.26. The summed E-state index contributed by atoms with van der Waals surface area (Å²) in [6, 6.07) is 3.92. The fourth-order valence-corrected chi connectivity index (χ4v) is 2.28. The van der Waals surface area contributed by atoms with Crippen molar-refractivity contribution < 1.29 is 4.74 Å². The van der Waals surface area contributed by atoms with E-state index in [-0.39, 0.29) is 0 Å². The van der Waals surface area contributed by atoms with E-state index in [2.05, 4.69) is 16.8 Å². The Morgan fingerprint density at radius 2 is 2.24 bits per heavy atom. The summed E-state index contributed by atoms with van der Waals surface area (Å²) in [6.45, 7) is 6.14. The number of rotatable bonds is 2. The summed E-state index contributed by atoms with van der Waals surface area (Å²) in [5.41, 5.74) is 7.44. The molecule has 1 aliphatic heterocycles. The van der Waals surface area contributed by atoms with E-state index in [4.69, 9.17) is 10.5 Å². The van der Waals surface area contributed by atoms with Crippen molar-refractivity contribution in [3.63, 3.8) is 0 Å². The van der Waals surface area contributed by atoms with Crippen LogP contribution in [0.4, 0.5) is 11.5 Å². The SMILES string of the molecule is COC1CN(c2ccc(N)c(C)n2)CCC1C. The highest BCUT2D eigenvalue weighted by atomic mass is 16.5. The summed E-state index contributed by atoms with van der Waals surface area (Å²) in [6.07, 6.45) is 1.44. The third-order valence-corrected chi connectivity index (χ3v) is 3.63. The number of hydrogen-bond acceptors (Lipinski definition) is 4. The van der Waals surface area contributed by atoms with Gasteiger partial charge in [0.1, 0.15) is 5.82 Å². The van der Waals surface area contributed by atoms with E-state index < -0.39 is 0 Å². The average Bonchev–Trinajstić information content (AvgIpc) is 2.33. The van der Waals surface area contributed by atoms with Gasteiger partial charge in [-0.3, -0.25) is 0 Å². The molecule has 2 unspecified atom stereocenters. The van der Waals surface area contributed by atoms with Gasteiger partial charge in [0.2, 0.25) is 0 Å². The van der Waals surface area contributed by atoms with Gasteiger partial charge in [0, 0.05) is 20.2 Å². The van der Waals surface area contributed by atoms with E-state index in [1.165, 1.54) is 0 Å². The Morgan fingerprint density at radius 3 is 2.88 bits per heavy atom. The zero-order chi connectivity index (χ0) is 12.4. The minimum absolute atomic E-state index is 0.295. The van der Waals surface area contributed by atoms with Crippen LogP contribution in [-0.2, 0) is 4.74 Å². The molecule has 0 aromatic carbocycles. The molecule has 0 amide bonds. The molecular formula is C13H21N3O. The fourth-order valence-electron chi connectivity index (χ4n) is 2.28. The summed E-state index contributed by atoms with van der Waals surface area (Å²) in [4.78, 5) is 6.81. The van der Waals surface area contributed by atoms with E-state index >= 15 is 0 Å². The summed E-state index contributed by atoms with van der Waals surface area (Å²) < 4.78 is 5.51. The molecule has 2 rings (SSSR count). The van der Waals surface area contributed by atoms with Crippen LogP contribution in [-0.4, -0.2) is 31.3 Å². The molecule has 0 aliphatic carbocycles. The Labute approximate surface area is 103 Å². The summed E-state index contributed by atoms with van der Waals surface area (Å²) in [5.74, 6) is 1.62. The number of anilines is 2. The standard InChI is InChI=1S/C13H21N3O/c1-9-6-7-16(8-12(9)17-3)13-5-4-11(14)10(2)15-13/h4-5,9,12H,6-8,14H2,1-3H3. The molecule has 2 heterocycles. The van der Waals surface area contributed by atoms with Crippen molar-refractivity contribution in [2.24, 2.45) is 5.92 Å². The molecule has 0 saturated carbocycles. The van der Waals surface area contributed by atoms with Gasteiger partial charge in [-0.1, -0.05) is 6.92 Å². The maximum Gasteiger partial charge on any atom is 0.129 e. The van der Waals surface area contributed by atoms with Crippen molar-refractivity contribution in [1.82, 2.24) is 4.98 Å². The Hall–Kier alpha value is -1.29. The highest BCUT2D eigenvalue weighted by Crippen LogP contribution is 2.24. The van der Waals surface area contributed by atoms with E-state index in [0.29, 0.717) is 12.0 Å². The first-order valence-corrected chi connectivity index (χ1v) is 6.12. The van der Waals surface area contributed by atoms with Crippen LogP contribution in [0.2, 0.25) is 0 Å². The van der Waals surface area contributed by atoms with Crippen molar-refractivity contribution in [2.45, 2.75) is 26.4 Å². The average molecular weight is 235 g/mol. The molecule has 1 aliphatic rings. The molecule has 0 radical (unpaired) electrons. The zero-order valence-electron chi connectivity index (χ0n) is 10.8. The molecule has 1 aromatic heterocycles. The molecule has 1 saturated heterocycles. The van der Waals surface area contributed by atoms with E-state index in [1.807, 2.05) is 19.1 Å². The molecule has 0 spiro atoms. The zero-order valence-corrected chi connectivity index (χ0v) is 10.8. The van der Waals surface area contributed by atoms with Crippen LogP contribution in [0.1, 0.15) is 19.0 Å². The predicted molar refractivity (Wildman–Crippen MR) is 70.2 cm³/mol. The van der Waals surface area contributed by atoms with Gasteiger partial charge in [-0.25, -0.2) is 4.98 Å². The lowest BCUT2D eigenvalue weighted by molar-refractivity contribution is 0.0496. The van der Waals surface area contributed by atoms with E-state index in [9.17, 15) is 0 Å². The number of pyridine rings is 1. The van der Waals surface area contributed by atoms with Crippen molar-refractivity contribution >= 4 is 11.5 Å². The first kappa shape index (κ1) is 12.2. The van der Waals surface area contributed by atoms with Gasteiger partial charge in [0.05, 0.1) is 17.5 Å². The van der Waals surface area contributed by atoms with Crippen LogP contribution in [0, 0.1) is 12.8 Å². The first-order chi connectivity index (χ1) is 8.11. The molecule has 4 heteroatoms. The quantitative estimate of drug-likeness (QED) is 0.849. The molecule has 94 valence electrons.